The summed E-state index contributed by atoms with van der Waals surface area (Å²) in [6, 6.07) is -0.777. The van der Waals surface area contributed by atoms with Crippen molar-refractivity contribution in [2.45, 2.75) is 12.5 Å². The third kappa shape index (κ3) is 8.84. The summed E-state index contributed by atoms with van der Waals surface area (Å²) < 4.78 is 10.3. The fourth-order valence-electron chi connectivity index (χ4n) is 0.987. The van der Waals surface area contributed by atoms with Crippen molar-refractivity contribution in [3.05, 3.63) is 11.1 Å². The van der Waals surface area contributed by atoms with Gasteiger partial charge >= 0.3 is 0 Å². The zero-order chi connectivity index (χ0) is 13.3. The van der Waals surface area contributed by atoms with Crippen molar-refractivity contribution in [3.63, 3.8) is 0 Å². The van der Waals surface area contributed by atoms with E-state index >= 15 is 0 Å². The zero-order valence-corrected chi connectivity index (χ0v) is 11.3. The number of ether oxygens (including phenoxy) is 2. The van der Waals surface area contributed by atoms with E-state index in [2.05, 4.69) is 27.8 Å². The van der Waals surface area contributed by atoms with E-state index in [4.69, 9.17) is 15.2 Å². The molecule has 0 bridgehead atoms. The molecule has 2 amide bonds. The van der Waals surface area contributed by atoms with Crippen LogP contribution in [-0.2, 0) is 19.1 Å². The van der Waals surface area contributed by atoms with Gasteiger partial charge in [0.2, 0.25) is 11.8 Å². The van der Waals surface area contributed by atoms with Gasteiger partial charge in [-0.3, -0.25) is 9.59 Å². The molecule has 6 nitrogen and oxygen atoms in total. The lowest BCUT2D eigenvalue weighted by atomic mass is 10.2. The highest BCUT2D eigenvalue weighted by Gasteiger charge is 2.18. The Balaban J connectivity index is 3.96. The average Bonchev–Trinajstić information content (AvgIpc) is 2.22. The molecule has 0 saturated heterocycles. The molecule has 17 heavy (non-hydrogen) atoms. The summed E-state index contributed by atoms with van der Waals surface area (Å²) in [4.78, 5) is 22.4. The Morgan fingerprint density at radius 1 is 1.47 bits per heavy atom. The second-order valence-corrected chi connectivity index (χ2v) is 4.41. The Bertz CT molecular complexity index is 283. The molecule has 0 unspecified atom stereocenters. The minimum atomic E-state index is -0.777. The summed E-state index contributed by atoms with van der Waals surface area (Å²) in [6.07, 6.45) is 0.249. The van der Waals surface area contributed by atoms with E-state index in [1.54, 1.807) is 0 Å². The number of carbonyl (C=O) groups is 2. The van der Waals surface area contributed by atoms with Crippen LogP contribution < -0.4 is 11.1 Å². The van der Waals surface area contributed by atoms with Crippen molar-refractivity contribution in [3.8, 4) is 0 Å². The van der Waals surface area contributed by atoms with E-state index in [9.17, 15) is 9.59 Å². The molecule has 3 N–H and O–H groups in total. The fourth-order valence-corrected chi connectivity index (χ4v) is 1.31. The lowest BCUT2D eigenvalue weighted by Gasteiger charge is -2.14. The Morgan fingerprint density at radius 2 is 2.12 bits per heavy atom. The molecular formula is C10H17BrN2O4. The van der Waals surface area contributed by atoms with Gasteiger partial charge in [0.1, 0.15) is 12.6 Å². The first-order chi connectivity index (χ1) is 7.97. The Hall–Kier alpha value is -0.920. The highest BCUT2D eigenvalue weighted by atomic mass is 79.9. The van der Waals surface area contributed by atoms with E-state index in [-0.39, 0.29) is 13.0 Å². The molecule has 0 heterocycles. The number of carbonyl (C=O) groups excluding carboxylic acids is 2. The van der Waals surface area contributed by atoms with Gasteiger partial charge in [0.15, 0.2) is 0 Å². The van der Waals surface area contributed by atoms with Crippen molar-refractivity contribution in [2.75, 3.05) is 26.9 Å². The van der Waals surface area contributed by atoms with Crippen molar-refractivity contribution >= 4 is 27.7 Å². The maximum Gasteiger partial charge on any atom is 0.246 e. The standard InChI is InChI=1S/C10H17BrN2O4/c1-7(11)5-8(10(12)15)13-9(14)6-17-4-3-16-2/h8H,1,3-6H2,2H3,(H2,12,15)(H,13,14)/t8-/m1/s1. The smallest absolute Gasteiger partial charge is 0.246 e. The number of nitrogens with one attached hydrogen (secondary N) is 1. The van der Waals surface area contributed by atoms with Gasteiger partial charge in [-0.1, -0.05) is 22.5 Å². The maximum absolute atomic E-state index is 11.4. The second-order valence-electron chi connectivity index (χ2n) is 3.29. The molecule has 0 fully saturated rings. The molecule has 0 spiro atoms. The molecule has 7 heteroatoms. The van der Waals surface area contributed by atoms with Crippen LogP contribution in [0.25, 0.3) is 0 Å². The first-order valence-electron chi connectivity index (χ1n) is 4.96. The summed E-state index contributed by atoms with van der Waals surface area (Å²) in [5.74, 6) is -1.02. The minimum Gasteiger partial charge on any atom is -0.382 e. The van der Waals surface area contributed by atoms with Crippen LogP contribution in [0.4, 0.5) is 0 Å². The molecule has 0 aliphatic heterocycles. The van der Waals surface area contributed by atoms with Crippen LogP contribution in [0.2, 0.25) is 0 Å². The van der Waals surface area contributed by atoms with E-state index in [0.717, 1.165) is 0 Å². The molecular weight excluding hydrogens is 292 g/mol. The Kier molecular flexibility index (Phi) is 8.65. The van der Waals surface area contributed by atoms with Crippen LogP contribution in [0.3, 0.4) is 0 Å². The lowest BCUT2D eigenvalue weighted by molar-refractivity contribution is -0.130. The van der Waals surface area contributed by atoms with E-state index in [1.165, 1.54) is 7.11 Å². The average molecular weight is 309 g/mol. The van der Waals surface area contributed by atoms with Crippen LogP contribution >= 0.6 is 15.9 Å². The van der Waals surface area contributed by atoms with Crippen LogP contribution in [0.1, 0.15) is 6.42 Å². The molecule has 0 aromatic rings. The SMILES string of the molecule is C=C(Br)C[C@@H](NC(=O)COCCOC)C(N)=O. The summed E-state index contributed by atoms with van der Waals surface area (Å²) in [5.41, 5.74) is 5.13. The summed E-state index contributed by atoms with van der Waals surface area (Å²) in [7, 11) is 1.54. The Labute approximate surface area is 109 Å². The van der Waals surface area contributed by atoms with E-state index < -0.39 is 17.9 Å². The molecule has 0 saturated carbocycles. The van der Waals surface area contributed by atoms with Gasteiger partial charge in [-0.25, -0.2) is 0 Å². The first-order valence-corrected chi connectivity index (χ1v) is 5.75. The van der Waals surface area contributed by atoms with Crippen molar-refractivity contribution < 1.29 is 19.1 Å². The monoisotopic (exact) mass is 308 g/mol. The molecule has 0 aliphatic carbocycles. The number of rotatable bonds is 9. The summed E-state index contributed by atoms with van der Waals surface area (Å²) >= 11 is 3.11. The fraction of sp³-hybridized carbons (Fsp3) is 0.600. The number of primary amides is 1. The van der Waals surface area contributed by atoms with Crippen LogP contribution in [0.5, 0.6) is 0 Å². The predicted molar refractivity (Wildman–Crippen MR) is 66.5 cm³/mol. The normalized spacial score (nSPS) is 11.9. The van der Waals surface area contributed by atoms with Gasteiger partial charge in [-0.05, 0) is 4.48 Å². The zero-order valence-electron chi connectivity index (χ0n) is 9.70. The third-order valence-electron chi connectivity index (χ3n) is 1.77. The second kappa shape index (κ2) is 9.15. The predicted octanol–water partition coefficient (Wildman–Crippen LogP) is -0.0818. The molecule has 98 valence electrons. The summed E-state index contributed by atoms with van der Waals surface area (Å²) in [6.45, 7) is 4.17. The van der Waals surface area contributed by atoms with Crippen LogP contribution in [-0.4, -0.2) is 44.8 Å². The highest BCUT2D eigenvalue weighted by molar-refractivity contribution is 9.11. The van der Waals surface area contributed by atoms with Gasteiger partial charge in [0.05, 0.1) is 13.2 Å². The molecule has 0 aliphatic rings. The van der Waals surface area contributed by atoms with Gasteiger partial charge < -0.3 is 20.5 Å². The van der Waals surface area contributed by atoms with Crippen LogP contribution in [0, 0.1) is 0 Å². The van der Waals surface area contributed by atoms with Crippen molar-refractivity contribution in [2.24, 2.45) is 5.73 Å². The van der Waals surface area contributed by atoms with Crippen LogP contribution in [0.15, 0.2) is 11.1 Å². The van der Waals surface area contributed by atoms with Gasteiger partial charge in [-0.2, -0.15) is 0 Å². The molecule has 0 radical (unpaired) electrons. The molecule has 0 rings (SSSR count). The van der Waals surface area contributed by atoms with Gasteiger partial charge in [0, 0.05) is 13.5 Å². The van der Waals surface area contributed by atoms with Gasteiger partial charge in [-0.15, -0.1) is 0 Å². The van der Waals surface area contributed by atoms with E-state index in [0.29, 0.717) is 17.7 Å². The van der Waals surface area contributed by atoms with Crippen molar-refractivity contribution in [1.29, 1.82) is 0 Å². The third-order valence-corrected chi connectivity index (χ3v) is 2.09. The van der Waals surface area contributed by atoms with E-state index in [1.807, 2.05) is 0 Å². The number of nitrogens with two attached hydrogens (primary N) is 1. The number of methoxy groups -OCH3 is 1. The largest absolute Gasteiger partial charge is 0.382 e. The highest BCUT2D eigenvalue weighted by Crippen LogP contribution is 2.09. The topological polar surface area (TPSA) is 90.7 Å². The van der Waals surface area contributed by atoms with Crippen molar-refractivity contribution in [1.82, 2.24) is 5.32 Å². The summed E-state index contributed by atoms with van der Waals surface area (Å²) in [5, 5.41) is 2.45. The number of hydrogen-bond acceptors (Lipinski definition) is 4. The quantitative estimate of drug-likeness (QED) is 0.583. The van der Waals surface area contributed by atoms with Gasteiger partial charge in [0.25, 0.3) is 0 Å². The molecule has 1 atom stereocenters. The minimum absolute atomic E-state index is 0.137. The maximum atomic E-state index is 11.4. The number of hydrogen-bond donors (Lipinski definition) is 2. The number of halogens is 1. The first kappa shape index (κ1) is 16.1. The molecule has 0 aromatic heterocycles. The Morgan fingerprint density at radius 3 is 2.59 bits per heavy atom. The number of amides is 2. The molecule has 0 aromatic carbocycles. The lowest BCUT2D eigenvalue weighted by Crippen LogP contribution is -2.45.